The van der Waals surface area contributed by atoms with Gasteiger partial charge in [-0.1, -0.05) is 23.7 Å². The molecule has 27 heavy (non-hydrogen) atoms. The number of carbonyl (C=O) groups is 1. The molecular weight excluding hydrogens is 380 g/mol. The molecule has 4 rings (SSSR count). The van der Waals surface area contributed by atoms with Crippen LogP contribution in [0, 0.1) is 0 Å². The number of hydrogen-bond donors (Lipinski definition) is 0. The molecule has 7 heteroatoms. The first-order chi connectivity index (χ1) is 13.2. The van der Waals surface area contributed by atoms with Gasteiger partial charge in [0.25, 0.3) is 5.91 Å². The van der Waals surface area contributed by atoms with E-state index >= 15 is 0 Å². The topological polar surface area (TPSA) is 49.3 Å². The van der Waals surface area contributed by atoms with Gasteiger partial charge in [-0.15, -0.1) is 11.3 Å². The van der Waals surface area contributed by atoms with E-state index in [-0.39, 0.29) is 5.91 Å². The Kier molecular flexibility index (Phi) is 5.48. The van der Waals surface area contributed by atoms with Crippen LogP contribution in [0.4, 0.5) is 0 Å². The fraction of sp³-hybridized carbons (Fsp3) is 0.250. The first-order valence-electron chi connectivity index (χ1n) is 8.81. The van der Waals surface area contributed by atoms with Crippen LogP contribution in [0.1, 0.15) is 15.4 Å². The van der Waals surface area contributed by atoms with E-state index in [0.29, 0.717) is 5.56 Å². The molecule has 0 radical (unpaired) electrons. The summed E-state index contributed by atoms with van der Waals surface area (Å²) >= 11 is 7.62. The third-order valence-electron chi connectivity index (χ3n) is 4.64. The number of piperazine rings is 1. The highest BCUT2D eigenvalue weighted by atomic mass is 35.5. The van der Waals surface area contributed by atoms with Gasteiger partial charge in [-0.25, -0.2) is 4.98 Å². The maximum absolute atomic E-state index is 12.5. The van der Waals surface area contributed by atoms with E-state index in [1.807, 2.05) is 29.2 Å². The van der Waals surface area contributed by atoms with Crippen LogP contribution in [0.2, 0.25) is 5.02 Å². The number of hydrogen-bond acceptors (Lipinski definition) is 5. The fourth-order valence-corrected chi connectivity index (χ4v) is 4.08. The molecule has 2 aromatic heterocycles. The Labute approximate surface area is 167 Å². The van der Waals surface area contributed by atoms with Crippen LogP contribution < -0.4 is 0 Å². The predicted octanol–water partition coefficient (Wildman–Crippen LogP) is 3.82. The van der Waals surface area contributed by atoms with Crippen molar-refractivity contribution in [2.75, 3.05) is 26.2 Å². The number of pyridine rings is 1. The van der Waals surface area contributed by atoms with Crippen LogP contribution >= 0.6 is 22.9 Å². The van der Waals surface area contributed by atoms with Crippen molar-refractivity contribution < 1.29 is 4.79 Å². The van der Waals surface area contributed by atoms with E-state index in [1.54, 1.807) is 35.9 Å². The van der Waals surface area contributed by atoms with E-state index in [1.165, 1.54) is 0 Å². The van der Waals surface area contributed by atoms with Crippen LogP contribution in [0.5, 0.6) is 0 Å². The lowest BCUT2D eigenvalue weighted by molar-refractivity contribution is 0.0628. The minimum Gasteiger partial charge on any atom is -0.336 e. The molecule has 0 unspecified atom stereocenters. The zero-order valence-corrected chi connectivity index (χ0v) is 16.3. The Bertz CT molecular complexity index is 905. The molecule has 3 aromatic rings. The van der Waals surface area contributed by atoms with Gasteiger partial charge in [0, 0.05) is 60.1 Å². The second-order valence-corrected chi connectivity index (χ2v) is 7.82. The van der Waals surface area contributed by atoms with Gasteiger partial charge in [0.1, 0.15) is 5.01 Å². The lowest BCUT2D eigenvalue weighted by Crippen LogP contribution is -2.48. The van der Waals surface area contributed by atoms with Gasteiger partial charge in [0.05, 0.1) is 12.2 Å². The van der Waals surface area contributed by atoms with Crippen molar-refractivity contribution in [1.82, 2.24) is 19.8 Å². The first-order valence-corrected chi connectivity index (χ1v) is 10.1. The number of carbonyl (C=O) groups excluding carboxylic acids is 1. The number of thiazole rings is 1. The van der Waals surface area contributed by atoms with Crippen molar-refractivity contribution in [3.05, 3.63) is 69.8 Å². The fourth-order valence-electron chi connectivity index (χ4n) is 3.11. The summed E-state index contributed by atoms with van der Waals surface area (Å²) in [4.78, 5) is 25.5. The predicted molar refractivity (Wildman–Crippen MR) is 108 cm³/mol. The Balaban J connectivity index is 1.33. The maximum Gasteiger partial charge on any atom is 0.254 e. The number of nitrogens with zero attached hydrogens (tertiary/aromatic N) is 4. The molecule has 5 nitrogen and oxygen atoms in total. The number of rotatable bonds is 4. The van der Waals surface area contributed by atoms with Gasteiger partial charge in [-0.3, -0.25) is 14.7 Å². The molecule has 0 atom stereocenters. The largest absolute Gasteiger partial charge is 0.336 e. The molecule has 1 amide bonds. The van der Waals surface area contributed by atoms with E-state index in [2.05, 4.69) is 15.3 Å². The molecular formula is C20H19ClN4OS. The highest BCUT2D eigenvalue weighted by Gasteiger charge is 2.22. The minimum atomic E-state index is 0.0799. The number of aromatic nitrogens is 2. The maximum atomic E-state index is 12.5. The summed E-state index contributed by atoms with van der Waals surface area (Å²) in [5.74, 6) is 0.0799. The van der Waals surface area contributed by atoms with E-state index < -0.39 is 0 Å². The van der Waals surface area contributed by atoms with E-state index in [0.717, 1.165) is 54.0 Å². The Morgan fingerprint density at radius 2 is 1.74 bits per heavy atom. The number of amides is 1. The van der Waals surface area contributed by atoms with Gasteiger partial charge in [0.2, 0.25) is 0 Å². The summed E-state index contributed by atoms with van der Waals surface area (Å²) in [7, 11) is 0. The van der Waals surface area contributed by atoms with Gasteiger partial charge >= 0.3 is 0 Å². The molecule has 1 aliphatic rings. The number of halogens is 1. The van der Waals surface area contributed by atoms with Crippen LogP contribution in [0.3, 0.4) is 0 Å². The lowest BCUT2D eigenvalue weighted by atomic mass is 10.2. The molecule has 1 saturated heterocycles. The van der Waals surface area contributed by atoms with E-state index in [9.17, 15) is 4.79 Å². The van der Waals surface area contributed by atoms with Crippen LogP contribution in [0.15, 0.2) is 54.2 Å². The Morgan fingerprint density at radius 3 is 2.44 bits per heavy atom. The average Bonchev–Trinajstić information content (AvgIpc) is 3.18. The molecule has 138 valence electrons. The molecule has 3 heterocycles. The number of benzene rings is 1. The molecule has 1 fully saturated rings. The minimum absolute atomic E-state index is 0.0799. The smallest absolute Gasteiger partial charge is 0.254 e. The van der Waals surface area contributed by atoms with Crippen LogP contribution in [-0.2, 0) is 6.54 Å². The van der Waals surface area contributed by atoms with Crippen LogP contribution in [-0.4, -0.2) is 51.9 Å². The summed E-state index contributed by atoms with van der Waals surface area (Å²) in [6, 6.07) is 11.3. The van der Waals surface area contributed by atoms with Gasteiger partial charge in [-0.05, 0) is 24.3 Å². The second-order valence-electron chi connectivity index (χ2n) is 6.44. The van der Waals surface area contributed by atoms with Crippen molar-refractivity contribution in [2.45, 2.75) is 6.54 Å². The van der Waals surface area contributed by atoms with E-state index in [4.69, 9.17) is 16.6 Å². The second kappa shape index (κ2) is 8.17. The summed E-state index contributed by atoms with van der Waals surface area (Å²) < 4.78 is 0. The summed E-state index contributed by atoms with van der Waals surface area (Å²) in [5.41, 5.74) is 2.76. The standard InChI is InChI=1S/C20H19ClN4OS/c21-17-3-1-15(2-4-17)18-14-27-19(23-18)13-24-9-11-25(12-10-24)20(26)16-5-7-22-8-6-16/h1-8,14H,9-13H2. The van der Waals surface area contributed by atoms with Crippen molar-refractivity contribution in [3.8, 4) is 11.3 Å². The highest BCUT2D eigenvalue weighted by molar-refractivity contribution is 7.09. The van der Waals surface area contributed by atoms with Crippen molar-refractivity contribution >= 4 is 28.8 Å². The summed E-state index contributed by atoms with van der Waals surface area (Å²) in [6.07, 6.45) is 3.31. The molecule has 0 spiro atoms. The molecule has 0 N–H and O–H groups in total. The molecule has 1 aromatic carbocycles. The highest BCUT2D eigenvalue weighted by Crippen LogP contribution is 2.24. The summed E-state index contributed by atoms with van der Waals surface area (Å²) in [6.45, 7) is 3.99. The molecule has 0 bridgehead atoms. The Morgan fingerprint density at radius 1 is 1.04 bits per heavy atom. The van der Waals surface area contributed by atoms with Gasteiger partial charge in [0.15, 0.2) is 0 Å². The van der Waals surface area contributed by atoms with Crippen molar-refractivity contribution in [3.63, 3.8) is 0 Å². The summed E-state index contributed by atoms with van der Waals surface area (Å²) in [5, 5.41) is 3.91. The molecule has 0 aliphatic carbocycles. The van der Waals surface area contributed by atoms with Crippen LogP contribution in [0.25, 0.3) is 11.3 Å². The zero-order valence-electron chi connectivity index (χ0n) is 14.7. The lowest BCUT2D eigenvalue weighted by Gasteiger charge is -2.34. The van der Waals surface area contributed by atoms with Gasteiger partial charge in [-0.2, -0.15) is 0 Å². The van der Waals surface area contributed by atoms with Gasteiger partial charge < -0.3 is 4.90 Å². The average molecular weight is 399 g/mol. The van der Waals surface area contributed by atoms with Crippen molar-refractivity contribution in [2.24, 2.45) is 0 Å². The zero-order chi connectivity index (χ0) is 18.6. The SMILES string of the molecule is O=C(c1ccncc1)N1CCN(Cc2nc(-c3ccc(Cl)cc3)cs2)CC1. The normalized spacial score (nSPS) is 15.1. The van der Waals surface area contributed by atoms with Crippen molar-refractivity contribution in [1.29, 1.82) is 0 Å². The molecule has 1 aliphatic heterocycles. The third kappa shape index (κ3) is 4.35. The first kappa shape index (κ1) is 18.1. The Hall–Kier alpha value is -2.28. The molecule has 0 saturated carbocycles. The third-order valence-corrected chi connectivity index (χ3v) is 5.72. The monoisotopic (exact) mass is 398 g/mol. The quantitative estimate of drug-likeness (QED) is 0.670.